The second-order valence-electron chi connectivity index (χ2n) is 4.27. The highest BCUT2D eigenvalue weighted by atomic mass is 19.2. The first-order valence-electron chi connectivity index (χ1n) is 5.63. The third-order valence-electron chi connectivity index (χ3n) is 2.55. The lowest BCUT2D eigenvalue weighted by Crippen LogP contribution is -2.21. The lowest BCUT2D eigenvalue weighted by atomic mass is 10.3. The Kier molecular flexibility index (Phi) is 3.74. The summed E-state index contributed by atoms with van der Waals surface area (Å²) < 4.78 is 30.8. The van der Waals surface area contributed by atoms with E-state index < -0.39 is 11.6 Å². The van der Waals surface area contributed by atoms with Crippen molar-refractivity contribution in [2.45, 2.75) is 18.9 Å². The van der Waals surface area contributed by atoms with E-state index in [1.807, 2.05) is 0 Å². The van der Waals surface area contributed by atoms with Gasteiger partial charge in [0.2, 0.25) is 0 Å². The van der Waals surface area contributed by atoms with Gasteiger partial charge in [-0.25, -0.2) is 8.78 Å². The molecule has 0 atom stereocenters. The summed E-state index contributed by atoms with van der Waals surface area (Å²) in [5, 5.41) is 3.30. The minimum Gasteiger partial charge on any atom is -0.489 e. The third kappa shape index (κ3) is 3.82. The molecular formula is C13H15F2NO. The standard InChI is InChI=1S/C13H15F2NO/c1-9(7-16-10-2-3-10)8-17-11-4-5-12(14)13(15)6-11/h4-6,10,16H,1-3,7-8H2. The van der Waals surface area contributed by atoms with Crippen molar-refractivity contribution >= 4 is 0 Å². The molecule has 1 saturated carbocycles. The maximum atomic E-state index is 12.9. The van der Waals surface area contributed by atoms with E-state index in [1.54, 1.807) is 0 Å². The highest BCUT2D eigenvalue weighted by Gasteiger charge is 2.20. The fourth-order valence-electron chi connectivity index (χ4n) is 1.38. The highest BCUT2D eigenvalue weighted by molar-refractivity contribution is 5.24. The molecule has 0 radical (unpaired) electrons. The maximum Gasteiger partial charge on any atom is 0.162 e. The largest absolute Gasteiger partial charge is 0.489 e. The van der Waals surface area contributed by atoms with Crippen LogP contribution in [0, 0.1) is 11.6 Å². The number of hydrogen-bond donors (Lipinski definition) is 1. The Hall–Kier alpha value is -1.42. The monoisotopic (exact) mass is 239 g/mol. The van der Waals surface area contributed by atoms with Gasteiger partial charge < -0.3 is 10.1 Å². The predicted molar refractivity (Wildman–Crippen MR) is 62.0 cm³/mol. The zero-order valence-corrected chi connectivity index (χ0v) is 9.51. The van der Waals surface area contributed by atoms with E-state index in [0.717, 1.165) is 17.7 Å². The van der Waals surface area contributed by atoms with Gasteiger partial charge in [0.05, 0.1) is 0 Å². The van der Waals surface area contributed by atoms with Gasteiger partial charge in [0.1, 0.15) is 12.4 Å². The molecule has 92 valence electrons. The van der Waals surface area contributed by atoms with Crippen LogP contribution in [0.15, 0.2) is 30.4 Å². The Balaban J connectivity index is 1.75. The van der Waals surface area contributed by atoms with Crippen LogP contribution in [0.2, 0.25) is 0 Å². The van der Waals surface area contributed by atoms with Crippen LogP contribution in [0.25, 0.3) is 0 Å². The second-order valence-corrected chi connectivity index (χ2v) is 4.27. The predicted octanol–water partition coefficient (Wildman–Crippen LogP) is 2.65. The molecule has 0 amide bonds. The highest BCUT2D eigenvalue weighted by Crippen LogP contribution is 2.19. The van der Waals surface area contributed by atoms with Crippen LogP contribution < -0.4 is 10.1 Å². The lowest BCUT2D eigenvalue weighted by molar-refractivity contribution is 0.344. The molecule has 0 unspecified atom stereocenters. The fraction of sp³-hybridized carbons (Fsp3) is 0.385. The average Bonchev–Trinajstić information content (AvgIpc) is 3.12. The molecule has 0 spiro atoms. The number of hydrogen-bond acceptors (Lipinski definition) is 2. The Morgan fingerprint density at radius 1 is 1.35 bits per heavy atom. The van der Waals surface area contributed by atoms with Gasteiger partial charge in [-0.05, 0) is 30.5 Å². The van der Waals surface area contributed by atoms with Crippen molar-refractivity contribution in [1.29, 1.82) is 0 Å². The quantitative estimate of drug-likeness (QED) is 0.770. The molecule has 1 aromatic carbocycles. The molecule has 1 fully saturated rings. The number of ether oxygens (including phenoxy) is 1. The summed E-state index contributed by atoms with van der Waals surface area (Å²) in [5.74, 6) is -1.45. The number of benzene rings is 1. The molecule has 1 aliphatic rings. The Bertz CT molecular complexity index is 416. The van der Waals surface area contributed by atoms with Crippen LogP contribution in [-0.4, -0.2) is 19.2 Å². The van der Waals surface area contributed by atoms with Crippen molar-refractivity contribution in [2.24, 2.45) is 0 Å². The molecule has 1 aromatic rings. The summed E-state index contributed by atoms with van der Waals surface area (Å²) in [6.07, 6.45) is 2.44. The molecule has 4 heteroatoms. The van der Waals surface area contributed by atoms with Crippen LogP contribution in [-0.2, 0) is 0 Å². The van der Waals surface area contributed by atoms with Crippen molar-refractivity contribution in [3.8, 4) is 5.75 Å². The van der Waals surface area contributed by atoms with E-state index in [-0.39, 0.29) is 0 Å². The first-order valence-corrected chi connectivity index (χ1v) is 5.63. The van der Waals surface area contributed by atoms with Crippen LogP contribution in [0.5, 0.6) is 5.75 Å². The summed E-state index contributed by atoms with van der Waals surface area (Å²) in [7, 11) is 0. The van der Waals surface area contributed by atoms with Gasteiger partial charge in [0, 0.05) is 18.7 Å². The van der Waals surface area contributed by atoms with Gasteiger partial charge >= 0.3 is 0 Å². The van der Waals surface area contributed by atoms with Crippen molar-refractivity contribution in [1.82, 2.24) is 5.32 Å². The molecular weight excluding hydrogens is 224 g/mol. The molecule has 0 saturated heterocycles. The molecule has 17 heavy (non-hydrogen) atoms. The van der Waals surface area contributed by atoms with Crippen molar-refractivity contribution < 1.29 is 13.5 Å². The molecule has 2 nitrogen and oxygen atoms in total. The van der Waals surface area contributed by atoms with Gasteiger partial charge in [-0.1, -0.05) is 6.58 Å². The summed E-state index contributed by atoms with van der Waals surface area (Å²) >= 11 is 0. The molecule has 0 aromatic heterocycles. The Morgan fingerprint density at radius 3 is 2.76 bits per heavy atom. The van der Waals surface area contributed by atoms with Gasteiger partial charge in [0.15, 0.2) is 11.6 Å². The lowest BCUT2D eigenvalue weighted by Gasteiger charge is -2.09. The second kappa shape index (κ2) is 5.27. The first-order chi connectivity index (χ1) is 8.15. The van der Waals surface area contributed by atoms with Crippen molar-refractivity contribution in [2.75, 3.05) is 13.2 Å². The van der Waals surface area contributed by atoms with E-state index in [9.17, 15) is 8.78 Å². The fourth-order valence-corrected chi connectivity index (χ4v) is 1.38. The Morgan fingerprint density at radius 2 is 2.12 bits per heavy atom. The first kappa shape index (κ1) is 12.0. The molecule has 1 aliphatic carbocycles. The SMILES string of the molecule is C=C(CNC1CC1)COc1ccc(F)c(F)c1. The normalized spacial score (nSPS) is 14.7. The minimum absolute atomic E-state index is 0.310. The number of rotatable bonds is 6. The molecule has 2 rings (SSSR count). The van der Waals surface area contributed by atoms with E-state index in [1.165, 1.54) is 18.9 Å². The average molecular weight is 239 g/mol. The molecule has 1 N–H and O–H groups in total. The number of nitrogens with one attached hydrogen (secondary N) is 1. The minimum atomic E-state index is -0.899. The molecule has 0 aliphatic heterocycles. The molecule has 0 heterocycles. The smallest absolute Gasteiger partial charge is 0.162 e. The van der Waals surface area contributed by atoms with Gasteiger partial charge in [-0.3, -0.25) is 0 Å². The summed E-state index contributed by atoms with van der Waals surface area (Å²) in [4.78, 5) is 0. The van der Waals surface area contributed by atoms with Crippen LogP contribution in [0.3, 0.4) is 0 Å². The van der Waals surface area contributed by atoms with Crippen molar-refractivity contribution in [3.05, 3.63) is 42.0 Å². The van der Waals surface area contributed by atoms with E-state index in [4.69, 9.17) is 4.74 Å². The zero-order valence-electron chi connectivity index (χ0n) is 9.51. The summed E-state index contributed by atoms with van der Waals surface area (Å²) in [6, 6.07) is 4.11. The van der Waals surface area contributed by atoms with Crippen molar-refractivity contribution in [3.63, 3.8) is 0 Å². The van der Waals surface area contributed by atoms with E-state index in [2.05, 4.69) is 11.9 Å². The molecule has 0 bridgehead atoms. The summed E-state index contributed by atoms with van der Waals surface area (Å²) in [6.45, 7) is 4.87. The summed E-state index contributed by atoms with van der Waals surface area (Å²) in [5.41, 5.74) is 0.890. The van der Waals surface area contributed by atoms with Gasteiger partial charge in [-0.2, -0.15) is 0 Å². The van der Waals surface area contributed by atoms with E-state index >= 15 is 0 Å². The zero-order chi connectivity index (χ0) is 12.3. The van der Waals surface area contributed by atoms with Gasteiger partial charge in [0.25, 0.3) is 0 Å². The number of halogens is 2. The Labute approximate surface area is 99.3 Å². The third-order valence-corrected chi connectivity index (χ3v) is 2.55. The van der Waals surface area contributed by atoms with Gasteiger partial charge in [-0.15, -0.1) is 0 Å². The van der Waals surface area contributed by atoms with E-state index in [0.29, 0.717) is 24.9 Å². The van der Waals surface area contributed by atoms with Crippen LogP contribution >= 0.6 is 0 Å². The topological polar surface area (TPSA) is 21.3 Å². The van der Waals surface area contributed by atoms with Crippen LogP contribution in [0.4, 0.5) is 8.78 Å². The van der Waals surface area contributed by atoms with Crippen LogP contribution in [0.1, 0.15) is 12.8 Å². The maximum absolute atomic E-state index is 12.9.